The second kappa shape index (κ2) is 5.63. The molecular formula is C15H19N3O2. The maximum atomic E-state index is 12.6. The molecule has 1 aliphatic heterocycles. The van der Waals surface area contributed by atoms with E-state index in [1.807, 2.05) is 29.2 Å². The second-order valence-corrected chi connectivity index (χ2v) is 5.31. The summed E-state index contributed by atoms with van der Waals surface area (Å²) in [6, 6.07) is 7.73. The molecule has 1 aliphatic rings. The van der Waals surface area contributed by atoms with Crippen molar-refractivity contribution in [1.82, 2.24) is 15.1 Å². The van der Waals surface area contributed by atoms with Gasteiger partial charge in [-0.25, -0.2) is 0 Å². The van der Waals surface area contributed by atoms with E-state index in [9.17, 15) is 4.79 Å². The number of benzene rings is 1. The molecule has 0 aliphatic carbocycles. The van der Waals surface area contributed by atoms with Crippen molar-refractivity contribution >= 4 is 16.8 Å². The third-order valence-electron chi connectivity index (χ3n) is 3.98. The van der Waals surface area contributed by atoms with E-state index in [-0.39, 0.29) is 5.91 Å². The molecule has 2 heterocycles. The smallest absolute Gasteiger partial charge is 0.274 e. The van der Waals surface area contributed by atoms with Gasteiger partial charge in [-0.15, -0.1) is 0 Å². The van der Waals surface area contributed by atoms with E-state index in [4.69, 9.17) is 4.74 Å². The Kier molecular flexibility index (Phi) is 3.69. The van der Waals surface area contributed by atoms with Crippen molar-refractivity contribution in [2.45, 2.75) is 12.8 Å². The van der Waals surface area contributed by atoms with Gasteiger partial charge >= 0.3 is 0 Å². The quantitative estimate of drug-likeness (QED) is 0.931. The Morgan fingerprint density at radius 1 is 1.40 bits per heavy atom. The van der Waals surface area contributed by atoms with Crippen LogP contribution in [-0.2, 0) is 4.74 Å². The Bertz CT molecular complexity index is 600. The minimum absolute atomic E-state index is 0.0262. The minimum Gasteiger partial charge on any atom is -0.384 e. The van der Waals surface area contributed by atoms with Crippen molar-refractivity contribution in [3.63, 3.8) is 0 Å². The summed E-state index contributed by atoms with van der Waals surface area (Å²) in [7, 11) is 1.73. The molecule has 1 N–H and O–H groups in total. The number of aromatic nitrogens is 2. The molecule has 106 valence electrons. The van der Waals surface area contributed by atoms with Crippen molar-refractivity contribution < 1.29 is 9.53 Å². The van der Waals surface area contributed by atoms with Crippen LogP contribution in [-0.4, -0.2) is 47.8 Å². The molecule has 0 bridgehead atoms. The van der Waals surface area contributed by atoms with Gasteiger partial charge in [0.2, 0.25) is 0 Å². The van der Waals surface area contributed by atoms with Gasteiger partial charge in [-0.2, -0.15) is 5.10 Å². The number of H-pyrrole nitrogens is 1. The van der Waals surface area contributed by atoms with Gasteiger partial charge in [0.1, 0.15) is 0 Å². The summed E-state index contributed by atoms with van der Waals surface area (Å²) < 4.78 is 5.19. The molecule has 5 heteroatoms. The summed E-state index contributed by atoms with van der Waals surface area (Å²) >= 11 is 0. The molecule has 3 rings (SSSR count). The van der Waals surface area contributed by atoms with Crippen molar-refractivity contribution in [3.05, 3.63) is 30.0 Å². The molecule has 1 saturated heterocycles. The topological polar surface area (TPSA) is 58.2 Å². The first-order valence-electron chi connectivity index (χ1n) is 7.01. The van der Waals surface area contributed by atoms with Gasteiger partial charge in [-0.05, 0) is 24.8 Å². The van der Waals surface area contributed by atoms with E-state index in [1.54, 1.807) is 7.11 Å². The fraction of sp³-hybridized carbons (Fsp3) is 0.467. The van der Waals surface area contributed by atoms with E-state index >= 15 is 0 Å². The molecule has 1 fully saturated rings. The highest BCUT2D eigenvalue weighted by molar-refractivity contribution is 6.04. The standard InChI is InChI=1S/C15H19N3O2/c1-20-10-11-6-8-18(9-7-11)15(19)14-12-4-2-3-5-13(12)16-17-14/h2-5,11H,6-10H2,1H3,(H,16,17). The molecule has 1 aromatic heterocycles. The summed E-state index contributed by atoms with van der Waals surface area (Å²) in [6.07, 6.45) is 2.00. The number of aromatic amines is 1. The Morgan fingerprint density at radius 2 is 2.15 bits per heavy atom. The predicted molar refractivity (Wildman–Crippen MR) is 76.6 cm³/mol. The lowest BCUT2D eigenvalue weighted by Gasteiger charge is -2.31. The monoisotopic (exact) mass is 273 g/mol. The number of carbonyl (C=O) groups is 1. The normalized spacial score (nSPS) is 16.8. The maximum Gasteiger partial charge on any atom is 0.274 e. The average molecular weight is 273 g/mol. The average Bonchev–Trinajstić information content (AvgIpc) is 2.92. The Hall–Kier alpha value is -1.88. The summed E-state index contributed by atoms with van der Waals surface area (Å²) in [5.74, 6) is 0.596. The van der Waals surface area contributed by atoms with Crippen LogP contribution in [0, 0.1) is 5.92 Å². The number of nitrogens with one attached hydrogen (secondary N) is 1. The lowest BCUT2D eigenvalue weighted by Crippen LogP contribution is -2.39. The number of nitrogens with zero attached hydrogens (tertiary/aromatic N) is 2. The molecule has 1 amide bonds. The van der Waals surface area contributed by atoms with Crippen molar-refractivity contribution in [2.75, 3.05) is 26.8 Å². The summed E-state index contributed by atoms with van der Waals surface area (Å²) in [6.45, 7) is 2.36. The number of amides is 1. The number of fused-ring (bicyclic) bond motifs is 1. The number of ether oxygens (including phenoxy) is 1. The first-order chi connectivity index (χ1) is 9.79. The molecule has 1 aromatic carbocycles. The SMILES string of the molecule is COCC1CCN(C(=O)c2n[nH]c3ccccc23)CC1. The van der Waals surface area contributed by atoms with E-state index in [0.717, 1.165) is 43.4 Å². The van der Waals surface area contributed by atoms with Crippen molar-refractivity contribution in [3.8, 4) is 0 Å². The number of likely N-dealkylation sites (tertiary alicyclic amines) is 1. The molecule has 20 heavy (non-hydrogen) atoms. The molecule has 0 saturated carbocycles. The van der Waals surface area contributed by atoms with Crippen LogP contribution in [0.4, 0.5) is 0 Å². The first-order valence-corrected chi connectivity index (χ1v) is 7.01. The number of carbonyl (C=O) groups excluding carboxylic acids is 1. The Balaban J connectivity index is 1.74. The van der Waals surface area contributed by atoms with Crippen molar-refractivity contribution in [1.29, 1.82) is 0 Å². The third kappa shape index (κ3) is 2.41. The zero-order valence-electron chi connectivity index (χ0n) is 11.6. The summed E-state index contributed by atoms with van der Waals surface area (Å²) in [5, 5.41) is 8.00. The largest absolute Gasteiger partial charge is 0.384 e. The van der Waals surface area contributed by atoms with E-state index < -0.39 is 0 Å². The highest BCUT2D eigenvalue weighted by Crippen LogP contribution is 2.21. The molecule has 0 atom stereocenters. The first kappa shape index (κ1) is 13.1. The van der Waals surface area contributed by atoms with Gasteiger partial charge < -0.3 is 9.64 Å². The van der Waals surface area contributed by atoms with E-state index in [1.165, 1.54) is 0 Å². The molecule has 0 unspecified atom stereocenters. The van der Waals surface area contributed by atoms with E-state index in [0.29, 0.717) is 11.6 Å². The van der Waals surface area contributed by atoms with Gasteiger partial charge in [0.15, 0.2) is 5.69 Å². The highest BCUT2D eigenvalue weighted by Gasteiger charge is 2.25. The van der Waals surface area contributed by atoms with Crippen LogP contribution in [0.25, 0.3) is 10.9 Å². The number of methoxy groups -OCH3 is 1. The van der Waals surface area contributed by atoms with Crippen LogP contribution in [0.5, 0.6) is 0 Å². The zero-order chi connectivity index (χ0) is 13.9. The molecule has 2 aromatic rings. The van der Waals surface area contributed by atoms with Crippen LogP contribution in [0.15, 0.2) is 24.3 Å². The molecule has 0 spiro atoms. The van der Waals surface area contributed by atoms with Crippen LogP contribution in [0.3, 0.4) is 0 Å². The fourth-order valence-corrected chi connectivity index (χ4v) is 2.81. The Morgan fingerprint density at radius 3 is 2.90 bits per heavy atom. The lowest BCUT2D eigenvalue weighted by molar-refractivity contribution is 0.0610. The number of hydrogen-bond donors (Lipinski definition) is 1. The van der Waals surface area contributed by atoms with Gasteiger partial charge in [-0.3, -0.25) is 9.89 Å². The summed E-state index contributed by atoms with van der Waals surface area (Å²) in [4.78, 5) is 14.4. The second-order valence-electron chi connectivity index (χ2n) is 5.31. The van der Waals surface area contributed by atoms with Crippen LogP contribution >= 0.6 is 0 Å². The molecular weight excluding hydrogens is 254 g/mol. The Labute approximate surface area is 117 Å². The van der Waals surface area contributed by atoms with Gasteiger partial charge in [-0.1, -0.05) is 18.2 Å². The van der Waals surface area contributed by atoms with Gasteiger partial charge in [0.25, 0.3) is 5.91 Å². The lowest BCUT2D eigenvalue weighted by atomic mass is 9.97. The fourth-order valence-electron chi connectivity index (χ4n) is 2.81. The van der Waals surface area contributed by atoms with Crippen LogP contribution in [0.2, 0.25) is 0 Å². The van der Waals surface area contributed by atoms with Gasteiger partial charge in [0, 0.05) is 32.2 Å². The number of hydrogen-bond acceptors (Lipinski definition) is 3. The van der Waals surface area contributed by atoms with Crippen LogP contribution < -0.4 is 0 Å². The zero-order valence-corrected chi connectivity index (χ0v) is 11.6. The van der Waals surface area contributed by atoms with Crippen LogP contribution in [0.1, 0.15) is 23.3 Å². The summed E-state index contributed by atoms with van der Waals surface area (Å²) in [5.41, 5.74) is 1.44. The number of rotatable bonds is 3. The van der Waals surface area contributed by atoms with Gasteiger partial charge in [0.05, 0.1) is 5.52 Å². The van der Waals surface area contributed by atoms with E-state index in [2.05, 4.69) is 10.2 Å². The van der Waals surface area contributed by atoms with Crippen molar-refractivity contribution in [2.24, 2.45) is 5.92 Å². The predicted octanol–water partition coefficient (Wildman–Crippen LogP) is 2.06. The third-order valence-corrected chi connectivity index (χ3v) is 3.98. The maximum absolute atomic E-state index is 12.6. The number of para-hydroxylation sites is 1. The molecule has 5 nitrogen and oxygen atoms in total. The number of piperidine rings is 1. The molecule has 0 radical (unpaired) electrons. The minimum atomic E-state index is 0.0262. The highest BCUT2D eigenvalue weighted by atomic mass is 16.5.